The van der Waals surface area contributed by atoms with E-state index in [1.807, 2.05) is 18.2 Å². The van der Waals surface area contributed by atoms with E-state index in [-0.39, 0.29) is 6.54 Å². The van der Waals surface area contributed by atoms with Gasteiger partial charge in [-0.1, -0.05) is 29.8 Å². The van der Waals surface area contributed by atoms with E-state index in [1.54, 1.807) is 24.5 Å². The Morgan fingerprint density at radius 2 is 2.00 bits per heavy atom. The highest BCUT2D eigenvalue weighted by atomic mass is 35.5. The molecule has 4 aromatic rings. The van der Waals surface area contributed by atoms with Gasteiger partial charge in [-0.2, -0.15) is 5.10 Å². The van der Waals surface area contributed by atoms with Crippen molar-refractivity contribution in [3.63, 3.8) is 0 Å². The number of aromatic amines is 1. The van der Waals surface area contributed by atoms with Gasteiger partial charge in [0.1, 0.15) is 5.82 Å². The van der Waals surface area contributed by atoms with Gasteiger partial charge in [0.15, 0.2) is 5.65 Å². The average molecular weight is 419 g/mol. The Bertz CT molecular complexity index is 1250. The second-order valence-electron chi connectivity index (χ2n) is 6.36. The quantitative estimate of drug-likeness (QED) is 0.329. The molecule has 0 aliphatic rings. The Hall–Kier alpha value is -2.55. The lowest BCUT2D eigenvalue weighted by atomic mass is 9.97. The topological polar surface area (TPSA) is 87.7 Å². The zero-order chi connectivity index (χ0) is 19.7. The van der Waals surface area contributed by atoms with Gasteiger partial charge in [-0.15, -0.1) is 0 Å². The summed E-state index contributed by atoms with van der Waals surface area (Å²) in [6.07, 6.45) is 4.31. The summed E-state index contributed by atoms with van der Waals surface area (Å²) in [4.78, 5) is 4.33. The molecule has 0 spiro atoms. The second kappa shape index (κ2) is 7.83. The molecule has 0 atom stereocenters. The molecule has 2 N–H and O–H groups in total. The Kier molecular flexibility index (Phi) is 5.25. The van der Waals surface area contributed by atoms with E-state index in [4.69, 9.17) is 11.6 Å². The summed E-state index contributed by atoms with van der Waals surface area (Å²) in [7, 11) is -2.64. The van der Waals surface area contributed by atoms with Crippen molar-refractivity contribution in [2.75, 3.05) is 6.54 Å². The summed E-state index contributed by atoms with van der Waals surface area (Å²) < 4.78 is 38.6. The first-order valence-corrected chi connectivity index (χ1v) is 10.2. The van der Waals surface area contributed by atoms with Crippen molar-refractivity contribution in [2.24, 2.45) is 0 Å². The normalized spacial score (nSPS) is 11.7. The van der Waals surface area contributed by atoms with Crippen molar-refractivity contribution < 1.29 is 12.8 Å². The molecule has 0 saturated carbocycles. The van der Waals surface area contributed by atoms with Crippen molar-refractivity contribution in [1.29, 1.82) is 0 Å². The average Bonchev–Trinajstić information content (AvgIpc) is 3.15. The van der Waals surface area contributed by atoms with Gasteiger partial charge in [0.25, 0.3) is 0 Å². The molecule has 0 amide bonds. The van der Waals surface area contributed by atoms with Crippen molar-refractivity contribution >= 4 is 44.3 Å². The van der Waals surface area contributed by atoms with Crippen LogP contribution in [0.25, 0.3) is 32.9 Å². The third-order valence-corrected chi connectivity index (χ3v) is 5.41. The van der Waals surface area contributed by atoms with Crippen LogP contribution in [0, 0.1) is 5.82 Å². The van der Waals surface area contributed by atoms with Gasteiger partial charge in [0.2, 0.25) is 10.9 Å². The number of hydrogen-bond donors (Lipinski definition) is 3. The molecule has 4 rings (SSSR count). The van der Waals surface area contributed by atoms with E-state index < -0.39 is 16.7 Å². The predicted molar refractivity (Wildman–Crippen MR) is 108 cm³/mol. The lowest BCUT2D eigenvalue weighted by Crippen LogP contribution is -2.13. The molecule has 0 bridgehead atoms. The molecule has 0 radical (unpaired) electrons. The number of thiol groups is 1. The molecule has 0 aliphatic heterocycles. The number of benzene rings is 2. The summed E-state index contributed by atoms with van der Waals surface area (Å²) >= 11 is 6.30. The van der Waals surface area contributed by atoms with Gasteiger partial charge in [-0.25, -0.2) is 22.5 Å². The summed E-state index contributed by atoms with van der Waals surface area (Å²) in [6, 6.07) is 8.88. The number of hydrogen-bond acceptors (Lipinski definition) is 4. The largest absolute Gasteiger partial charge is 0.261 e. The number of fused-ring (bicyclic) bond motifs is 3. The number of halogens is 2. The van der Waals surface area contributed by atoms with Crippen LogP contribution in [0.15, 0.2) is 42.7 Å². The molecular formula is C19H16ClFN4O2S. The summed E-state index contributed by atoms with van der Waals surface area (Å²) in [5, 5.41) is 9.87. The van der Waals surface area contributed by atoms with Crippen LogP contribution < -0.4 is 4.72 Å². The Morgan fingerprint density at radius 3 is 2.82 bits per heavy atom. The standard InChI is InChI=1S/C19H16ClFN4O2S/c20-16-6-4-11(2-1-7-24-28(26)27)18(21)17(16)12-3-5-14-13(8-12)9-22-19-15(14)10-23-25-19/h3-6,8-10,28H,1-2,7H2,(H,22,23,25)(H,24,26,27). The third kappa shape index (κ3) is 3.58. The molecule has 2 heterocycles. The van der Waals surface area contributed by atoms with Crippen LogP contribution >= 0.6 is 11.6 Å². The lowest BCUT2D eigenvalue weighted by Gasteiger charge is -2.12. The fourth-order valence-corrected chi connectivity index (χ4v) is 3.88. The van der Waals surface area contributed by atoms with Crippen LogP contribution in [0.1, 0.15) is 12.0 Å². The maximum Gasteiger partial charge on any atom is 0.201 e. The number of H-pyrrole nitrogens is 1. The number of nitrogens with one attached hydrogen (secondary N) is 2. The highest BCUT2D eigenvalue weighted by molar-refractivity contribution is 7.70. The molecule has 2 aromatic carbocycles. The van der Waals surface area contributed by atoms with Crippen LogP contribution in [0.3, 0.4) is 0 Å². The maximum atomic E-state index is 15.2. The van der Waals surface area contributed by atoms with Gasteiger partial charge in [-0.05, 0) is 41.5 Å². The van der Waals surface area contributed by atoms with Crippen molar-refractivity contribution in [2.45, 2.75) is 12.8 Å². The van der Waals surface area contributed by atoms with E-state index in [0.29, 0.717) is 40.2 Å². The molecule has 144 valence electrons. The molecular weight excluding hydrogens is 403 g/mol. The zero-order valence-electron chi connectivity index (χ0n) is 14.6. The summed E-state index contributed by atoms with van der Waals surface area (Å²) in [5.74, 6) is -0.393. The lowest BCUT2D eigenvalue weighted by molar-refractivity contribution is 0.593. The van der Waals surface area contributed by atoms with Gasteiger partial charge in [0, 0.05) is 29.1 Å². The molecule has 0 unspecified atom stereocenters. The number of pyridine rings is 1. The molecule has 28 heavy (non-hydrogen) atoms. The molecule has 0 fully saturated rings. The molecule has 0 aliphatic carbocycles. The first-order valence-electron chi connectivity index (χ1n) is 8.61. The molecule has 0 saturated heterocycles. The first kappa shape index (κ1) is 18.8. The SMILES string of the molecule is O=[SH](=O)NCCCc1ccc(Cl)c(-c2ccc3c(cnc4[nH]ncc43)c2)c1F. The minimum atomic E-state index is -2.64. The van der Waals surface area contributed by atoms with Crippen LogP contribution in [0.4, 0.5) is 4.39 Å². The van der Waals surface area contributed by atoms with E-state index in [0.717, 1.165) is 16.2 Å². The number of rotatable bonds is 6. The summed E-state index contributed by atoms with van der Waals surface area (Å²) in [6.45, 7) is 0.262. The second-order valence-corrected chi connectivity index (χ2v) is 7.59. The van der Waals surface area contributed by atoms with Crippen LogP contribution in [-0.2, 0) is 17.3 Å². The monoisotopic (exact) mass is 418 g/mol. The van der Waals surface area contributed by atoms with Gasteiger partial charge >= 0.3 is 0 Å². The minimum absolute atomic E-state index is 0.262. The first-order chi connectivity index (χ1) is 13.5. The minimum Gasteiger partial charge on any atom is -0.261 e. The number of aryl methyl sites for hydroxylation is 1. The van der Waals surface area contributed by atoms with Gasteiger partial charge in [-0.3, -0.25) is 5.10 Å². The fraction of sp³-hybridized carbons (Fsp3) is 0.158. The highest BCUT2D eigenvalue weighted by Gasteiger charge is 2.15. The van der Waals surface area contributed by atoms with Crippen molar-refractivity contribution in [3.05, 3.63) is 59.1 Å². The highest BCUT2D eigenvalue weighted by Crippen LogP contribution is 2.35. The van der Waals surface area contributed by atoms with Crippen molar-refractivity contribution in [3.8, 4) is 11.1 Å². The van der Waals surface area contributed by atoms with Crippen LogP contribution in [-0.4, -0.2) is 30.1 Å². The maximum absolute atomic E-state index is 15.2. The van der Waals surface area contributed by atoms with Gasteiger partial charge < -0.3 is 0 Å². The molecule has 2 aromatic heterocycles. The smallest absolute Gasteiger partial charge is 0.201 e. The van der Waals surface area contributed by atoms with E-state index in [1.165, 1.54) is 0 Å². The van der Waals surface area contributed by atoms with E-state index >= 15 is 4.39 Å². The third-order valence-electron chi connectivity index (χ3n) is 4.62. The predicted octanol–water partition coefficient (Wildman–Crippen LogP) is 3.62. The van der Waals surface area contributed by atoms with Gasteiger partial charge in [0.05, 0.1) is 11.2 Å². The Morgan fingerprint density at radius 1 is 1.14 bits per heavy atom. The fourth-order valence-electron chi connectivity index (χ4n) is 3.28. The molecule has 6 nitrogen and oxygen atoms in total. The van der Waals surface area contributed by atoms with Crippen molar-refractivity contribution in [1.82, 2.24) is 19.9 Å². The van der Waals surface area contributed by atoms with Crippen LogP contribution in [0.5, 0.6) is 0 Å². The summed E-state index contributed by atoms with van der Waals surface area (Å²) in [5.41, 5.74) is 2.17. The number of nitrogens with zero attached hydrogens (tertiary/aromatic N) is 2. The zero-order valence-corrected chi connectivity index (χ0v) is 16.2. The van der Waals surface area contributed by atoms with E-state index in [9.17, 15) is 8.42 Å². The van der Waals surface area contributed by atoms with E-state index in [2.05, 4.69) is 19.9 Å². The van der Waals surface area contributed by atoms with Crippen LogP contribution in [0.2, 0.25) is 5.02 Å². The Balaban J connectivity index is 1.71. The molecule has 9 heteroatoms. The number of aromatic nitrogens is 3. The Labute approximate surface area is 166 Å².